The highest BCUT2D eigenvalue weighted by atomic mass is 16.1. The van der Waals surface area contributed by atoms with E-state index < -0.39 is 0 Å². The molecular weight excluding hydrogens is 264 g/mol. The second-order valence-electron chi connectivity index (χ2n) is 5.25. The molecule has 21 heavy (non-hydrogen) atoms. The number of nitrogens with zero attached hydrogens (tertiary/aromatic N) is 2. The van der Waals surface area contributed by atoms with Crippen molar-refractivity contribution in [1.29, 1.82) is 0 Å². The van der Waals surface area contributed by atoms with Gasteiger partial charge in [-0.3, -0.25) is 9.48 Å². The fraction of sp³-hybridized carbons (Fsp3) is 0.375. The molecule has 5 heteroatoms. The van der Waals surface area contributed by atoms with Crippen molar-refractivity contribution in [2.45, 2.75) is 19.9 Å². The molecule has 0 saturated heterocycles. The van der Waals surface area contributed by atoms with E-state index in [0.717, 1.165) is 11.1 Å². The Morgan fingerprint density at radius 2 is 2.00 bits per heavy atom. The Morgan fingerprint density at radius 3 is 2.62 bits per heavy atom. The largest absolute Gasteiger partial charge is 0.351 e. The number of carbonyl (C=O) groups excluding carboxylic acids is 1. The van der Waals surface area contributed by atoms with Crippen LogP contribution in [0, 0.1) is 6.92 Å². The van der Waals surface area contributed by atoms with Crippen LogP contribution >= 0.6 is 0 Å². The maximum Gasteiger partial charge on any atom is 0.251 e. The van der Waals surface area contributed by atoms with Crippen LogP contribution in [-0.4, -0.2) is 28.8 Å². The van der Waals surface area contributed by atoms with Crippen LogP contribution in [0.1, 0.15) is 34.5 Å². The average Bonchev–Trinajstić information content (AvgIpc) is 2.90. The number of carbonyl (C=O) groups is 1. The van der Waals surface area contributed by atoms with Gasteiger partial charge in [-0.15, -0.1) is 0 Å². The molecule has 0 aliphatic rings. The highest BCUT2D eigenvalue weighted by Crippen LogP contribution is 2.09. The zero-order chi connectivity index (χ0) is 15.2. The Morgan fingerprint density at radius 1 is 1.29 bits per heavy atom. The normalized spacial score (nSPS) is 12.1. The zero-order valence-electron chi connectivity index (χ0n) is 12.8. The minimum atomic E-state index is -0.0363. The van der Waals surface area contributed by atoms with E-state index in [1.54, 1.807) is 4.68 Å². The minimum absolute atomic E-state index is 0.0363. The lowest BCUT2D eigenvalue weighted by molar-refractivity contribution is 0.0953. The third kappa shape index (κ3) is 4.43. The summed E-state index contributed by atoms with van der Waals surface area (Å²) in [6, 6.07) is 7.79. The highest BCUT2D eigenvalue weighted by Gasteiger charge is 2.07. The number of hydrogen-bond acceptors (Lipinski definition) is 3. The second kappa shape index (κ2) is 7.04. The van der Waals surface area contributed by atoms with Crippen molar-refractivity contribution in [3.05, 3.63) is 53.3 Å². The Balaban J connectivity index is 1.72. The smallest absolute Gasteiger partial charge is 0.251 e. The molecular formula is C16H22N4O. The summed E-state index contributed by atoms with van der Waals surface area (Å²) in [4.78, 5) is 11.9. The molecule has 0 saturated carbocycles. The van der Waals surface area contributed by atoms with Crippen molar-refractivity contribution in [2.24, 2.45) is 7.05 Å². The van der Waals surface area contributed by atoms with Crippen molar-refractivity contribution < 1.29 is 4.79 Å². The minimum Gasteiger partial charge on any atom is -0.351 e. The van der Waals surface area contributed by atoms with E-state index in [2.05, 4.69) is 22.7 Å². The van der Waals surface area contributed by atoms with Crippen molar-refractivity contribution in [2.75, 3.05) is 13.1 Å². The number of amides is 1. The number of hydrogen-bond donors (Lipinski definition) is 2. The summed E-state index contributed by atoms with van der Waals surface area (Å²) >= 11 is 0. The van der Waals surface area contributed by atoms with Gasteiger partial charge in [-0.2, -0.15) is 5.10 Å². The summed E-state index contributed by atoms with van der Waals surface area (Å²) in [6.45, 7) is 5.40. The second-order valence-corrected chi connectivity index (χ2v) is 5.25. The molecule has 5 nitrogen and oxygen atoms in total. The van der Waals surface area contributed by atoms with Crippen LogP contribution in [0.2, 0.25) is 0 Å². The predicted molar refractivity (Wildman–Crippen MR) is 83.1 cm³/mol. The van der Waals surface area contributed by atoms with Crippen LogP contribution in [0.25, 0.3) is 0 Å². The Labute approximate surface area is 125 Å². The van der Waals surface area contributed by atoms with Crippen molar-refractivity contribution >= 4 is 5.91 Å². The van der Waals surface area contributed by atoms with E-state index >= 15 is 0 Å². The molecule has 0 aliphatic carbocycles. The van der Waals surface area contributed by atoms with E-state index in [9.17, 15) is 4.79 Å². The van der Waals surface area contributed by atoms with Gasteiger partial charge in [0, 0.05) is 43.5 Å². The summed E-state index contributed by atoms with van der Waals surface area (Å²) in [5.41, 5.74) is 2.99. The fourth-order valence-electron chi connectivity index (χ4n) is 2.05. The van der Waals surface area contributed by atoms with Gasteiger partial charge in [0.05, 0.1) is 6.20 Å². The standard InChI is InChI=1S/C16H22N4O/c1-12-4-6-14(7-5-12)16(21)18-9-8-17-13(2)15-10-19-20(3)11-15/h4-7,10-11,13,17H,8-9H2,1-3H3,(H,18,21). The van der Waals surface area contributed by atoms with E-state index in [4.69, 9.17) is 0 Å². The zero-order valence-corrected chi connectivity index (χ0v) is 12.8. The van der Waals surface area contributed by atoms with Crippen LogP contribution in [0.5, 0.6) is 0 Å². The van der Waals surface area contributed by atoms with E-state index in [1.807, 2.05) is 50.6 Å². The van der Waals surface area contributed by atoms with Crippen molar-refractivity contribution in [3.63, 3.8) is 0 Å². The van der Waals surface area contributed by atoms with Gasteiger partial charge in [0.25, 0.3) is 5.91 Å². The molecule has 0 bridgehead atoms. The maximum absolute atomic E-state index is 11.9. The molecule has 0 spiro atoms. The van der Waals surface area contributed by atoms with Crippen molar-refractivity contribution in [1.82, 2.24) is 20.4 Å². The number of nitrogens with one attached hydrogen (secondary N) is 2. The molecule has 2 aromatic rings. The number of aromatic nitrogens is 2. The molecule has 0 fully saturated rings. The van der Waals surface area contributed by atoms with Crippen LogP contribution in [0.4, 0.5) is 0 Å². The molecule has 1 aromatic heterocycles. The molecule has 0 aliphatic heterocycles. The molecule has 2 N–H and O–H groups in total. The summed E-state index contributed by atoms with van der Waals surface area (Å²) in [5, 5.41) is 10.4. The third-order valence-corrected chi connectivity index (χ3v) is 3.40. The summed E-state index contributed by atoms with van der Waals surface area (Å²) < 4.78 is 1.78. The molecule has 1 amide bonds. The maximum atomic E-state index is 11.9. The Kier molecular flexibility index (Phi) is 5.11. The molecule has 1 aromatic carbocycles. The molecule has 112 valence electrons. The third-order valence-electron chi connectivity index (χ3n) is 3.40. The average molecular weight is 286 g/mol. The first-order valence-corrected chi connectivity index (χ1v) is 7.13. The first-order chi connectivity index (χ1) is 10.1. The lowest BCUT2D eigenvalue weighted by atomic mass is 10.1. The number of benzene rings is 1. The Bertz CT molecular complexity index is 589. The first kappa shape index (κ1) is 15.3. The predicted octanol–water partition coefficient (Wildman–Crippen LogP) is 1.81. The monoisotopic (exact) mass is 286 g/mol. The quantitative estimate of drug-likeness (QED) is 0.796. The number of rotatable bonds is 6. The summed E-state index contributed by atoms with van der Waals surface area (Å²) in [7, 11) is 1.90. The molecule has 0 radical (unpaired) electrons. The van der Waals surface area contributed by atoms with Gasteiger partial charge in [-0.25, -0.2) is 0 Å². The number of aryl methyl sites for hydroxylation is 2. The van der Waals surface area contributed by atoms with E-state index in [-0.39, 0.29) is 11.9 Å². The van der Waals surface area contributed by atoms with Gasteiger partial charge in [0.15, 0.2) is 0 Å². The van der Waals surface area contributed by atoms with Gasteiger partial charge < -0.3 is 10.6 Å². The molecule has 1 atom stereocenters. The Hall–Kier alpha value is -2.14. The molecule has 2 rings (SSSR count). The van der Waals surface area contributed by atoms with Gasteiger partial charge in [0.1, 0.15) is 0 Å². The van der Waals surface area contributed by atoms with Gasteiger partial charge >= 0.3 is 0 Å². The van der Waals surface area contributed by atoms with Crippen LogP contribution in [-0.2, 0) is 7.05 Å². The summed E-state index contributed by atoms with van der Waals surface area (Å²) in [5.74, 6) is -0.0363. The lowest BCUT2D eigenvalue weighted by Crippen LogP contribution is -2.32. The first-order valence-electron chi connectivity index (χ1n) is 7.13. The fourth-order valence-corrected chi connectivity index (χ4v) is 2.05. The van der Waals surface area contributed by atoms with Crippen LogP contribution < -0.4 is 10.6 Å². The van der Waals surface area contributed by atoms with Crippen LogP contribution in [0.15, 0.2) is 36.7 Å². The van der Waals surface area contributed by atoms with Crippen LogP contribution in [0.3, 0.4) is 0 Å². The molecule has 1 unspecified atom stereocenters. The lowest BCUT2D eigenvalue weighted by Gasteiger charge is -2.12. The summed E-state index contributed by atoms with van der Waals surface area (Å²) in [6.07, 6.45) is 3.84. The van der Waals surface area contributed by atoms with Gasteiger partial charge in [0.2, 0.25) is 0 Å². The van der Waals surface area contributed by atoms with E-state index in [0.29, 0.717) is 18.7 Å². The van der Waals surface area contributed by atoms with Gasteiger partial charge in [-0.1, -0.05) is 17.7 Å². The van der Waals surface area contributed by atoms with Crippen molar-refractivity contribution in [3.8, 4) is 0 Å². The molecule has 1 heterocycles. The highest BCUT2D eigenvalue weighted by molar-refractivity contribution is 5.94. The van der Waals surface area contributed by atoms with Gasteiger partial charge in [-0.05, 0) is 26.0 Å². The van der Waals surface area contributed by atoms with E-state index in [1.165, 1.54) is 0 Å². The topological polar surface area (TPSA) is 59.0 Å². The SMILES string of the molecule is Cc1ccc(C(=O)NCCNC(C)c2cnn(C)c2)cc1.